The molecular formula is C18H18N2O4. The van der Waals surface area contributed by atoms with Crippen molar-refractivity contribution in [3.05, 3.63) is 64.1 Å². The first-order chi connectivity index (χ1) is 11.7. The van der Waals surface area contributed by atoms with Crippen molar-refractivity contribution in [3.8, 4) is 5.75 Å². The molecule has 6 nitrogen and oxygen atoms in total. The number of carbonyl (C=O) groups is 1. The van der Waals surface area contributed by atoms with Gasteiger partial charge in [-0.25, -0.2) is 4.79 Å². The van der Waals surface area contributed by atoms with Crippen LogP contribution in [0.25, 0.3) is 11.1 Å². The third-order valence-corrected chi connectivity index (χ3v) is 3.76. The fourth-order valence-corrected chi connectivity index (χ4v) is 2.59. The van der Waals surface area contributed by atoms with Crippen LogP contribution in [0.15, 0.2) is 51.7 Å². The maximum Gasteiger partial charge on any atom is 0.417 e. The molecule has 0 spiro atoms. The number of methoxy groups -OCH3 is 1. The molecule has 2 N–H and O–H groups in total. The van der Waals surface area contributed by atoms with Crippen molar-refractivity contribution in [3.63, 3.8) is 0 Å². The summed E-state index contributed by atoms with van der Waals surface area (Å²) in [4.78, 5) is 25.8. The quantitative estimate of drug-likeness (QED) is 0.726. The van der Waals surface area contributed by atoms with Gasteiger partial charge in [-0.3, -0.25) is 9.78 Å². The zero-order valence-electron chi connectivity index (χ0n) is 13.3. The molecule has 3 rings (SSSR count). The first-order valence-electron chi connectivity index (χ1n) is 7.66. The number of oxazole rings is 1. The topological polar surface area (TPSA) is 84.3 Å². The van der Waals surface area contributed by atoms with Gasteiger partial charge in [0.2, 0.25) is 5.91 Å². The first-order valence-corrected chi connectivity index (χ1v) is 7.66. The molecule has 0 bridgehead atoms. The summed E-state index contributed by atoms with van der Waals surface area (Å²) in [6.07, 6.45) is 0.943. The SMILES string of the molecule is COc1ccccc1CC(=O)NCCc1ccc2oc(=O)[nH]c2c1. The molecule has 24 heavy (non-hydrogen) atoms. The van der Waals surface area contributed by atoms with Crippen molar-refractivity contribution in [2.45, 2.75) is 12.8 Å². The lowest BCUT2D eigenvalue weighted by molar-refractivity contribution is -0.120. The number of aromatic nitrogens is 1. The average molecular weight is 326 g/mol. The first kappa shape index (κ1) is 15.9. The van der Waals surface area contributed by atoms with E-state index < -0.39 is 5.76 Å². The number of fused-ring (bicyclic) bond motifs is 1. The number of benzene rings is 2. The van der Waals surface area contributed by atoms with E-state index in [1.165, 1.54) is 0 Å². The number of hydrogen-bond donors (Lipinski definition) is 2. The lowest BCUT2D eigenvalue weighted by Crippen LogP contribution is -2.27. The minimum Gasteiger partial charge on any atom is -0.496 e. The molecule has 6 heteroatoms. The van der Waals surface area contributed by atoms with Gasteiger partial charge in [0, 0.05) is 12.1 Å². The zero-order valence-corrected chi connectivity index (χ0v) is 13.3. The number of amides is 1. The van der Waals surface area contributed by atoms with Crippen LogP contribution in [0.3, 0.4) is 0 Å². The lowest BCUT2D eigenvalue weighted by Gasteiger charge is -2.09. The molecule has 0 saturated heterocycles. The van der Waals surface area contributed by atoms with Gasteiger partial charge in [-0.05, 0) is 30.2 Å². The Morgan fingerprint density at radius 2 is 2.08 bits per heavy atom. The summed E-state index contributed by atoms with van der Waals surface area (Å²) in [6.45, 7) is 0.515. The summed E-state index contributed by atoms with van der Waals surface area (Å²) < 4.78 is 10.2. The van der Waals surface area contributed by atoms with E-state index in [1.54, 1.807) is 13.2 Å². The van der Waals surface area contributed by atoms with Gasteiger partial charge in [-0.2, -0.15) is 0 Å². The van der Waals surface area contributed by atoms with E-state index in [9.17, 15) is 9.59 Å². The monoisotopic (exact) mass is 326 g/mol. The van der Waals surface area contributed by atoms with Crippen molar-refractivity contribution in [1.82, 2.24) is 10.3 Å². The predicted octanol–water partition coefficient (Wildman–Crippen LogP) is 2.03. The Morgan fingerprint density at radius 3 is 2.92 bits per heavy atom. The highest BCUT2D eigenvalue weighted by atomic mass is 16.5. The van der Waals surface area contributed by atoms with Crippen LogP contribution in [0.1, 0.15) is 11.1 Å². The Morgan fingerprint density at radius 1 is 1.25 bits per heavy atom. The summed E-state index contributed by atoms with van der Waals surface area (Å²) in [6, 6.07) is 12.9. The van der Waals surface area contributed by atoms with Crippen LogP contribution in [-0.2, 0) is 17.6 Å². The number of carbonyl (C=O) groups excluding carboxylic acids is 1. The van der Waals surface area contributed by atoms with Gasteiger partial charge < -0.3 is 14.5 Å². The smallest absolute Gasteiger partial charge is 0.417 e. The molecular weight excluding hydrogens is 308 g/mol. The van der Waals surface area contributed by atoms with Crippen molar-refractivity contribution in [2.24, 2.45) is 0 Å². The standard InChI is InChI=1S/C18H18N2O4/c1-23-15-5-3-2-4-13(15)11-17(21)19-9-8-12-6-7-16-14(10-12)20-18(22)24-16/h2-7,10H,8-9,11H2,1H3,(H,19,21)(H,20,22). The highest BCUT2D eigenvalue weighted by molar-refractivity contribution is 5.79. The molecule has 0 aliphatic rings. The van der Waals surface area contributed by atoms with Gasteiger partial charge in [-0.15, -0.1) is 0 Å². The second-order valence-corrected chi connectivity index (χ2v) is 5.43. The minimum absolute atomic E-state index is 0.0581. The molecule has 0 aliphatic carbocycles. The summed E-state index contributed by atoms with van der Waals surface area (Å²) >= 11 is 0. The highest BCUT2D eigenvalue weighted by Gasteiger charge is 2.08. The van der Waals surface area contributed by atoms with Gasteiger partial charge in [0.25, 0.3) is 0 Å². The van der Waals surface area contributed by atoms with Crippen molar-refractivity contribution in [1.29, 1.82) is 0 Å². The Hall–Kier alpha value is -3.02. The van der Waals surface area contributed by atoms with Crippen LogP contribution < -0.4 is 15.8 Å². The number of nitrogens with one attached hydrogen (secondary N) is 2. The van der Waals surface area contributed by atoms with Crippen LogP contribution >= 0.6 is 0 Å². The summed E-state index contributed by atoms with van der Waals surface area (Å²) in [5, 5.41) is 2.89. The molecule has 1 aromatic heterocycles. The maximum atomic E-state index is 12.1. The maximum absolute atomic E-state index is 12.1. The van der Waals surface area contributed by atoms with Crippen LogP contribution in [-0.4, -0.2) is 24.5 Å². The summed E-state index contributed by atoms with van der Waals surface area (Å²) in [5.41, 5.74) is 3.06. The molecule has 3 aromatic rings. The lowest BCUT2D eigenvalue weighted by atomic mass is 10.1. The molecule has 0 unspecified atom stereocenters. The predicted molar refractivity (Wildman–Crippen MR) is 90.2 cm³/mol. The summed E-state index contributed by atoms with van der Waals surface area (Å²) in [5.74, 6) is 0.187. The van der Waals surface area contributed by atoms with E-state index in [0.717, 1.165) is 11.1 Å². The van der Waals surface area contributed by atoms with Gasteiger partial charge in [-0.1, -0.05) is 24.3 Å². The number of aromatic amines is 1. The van der Waals surface area contributed by atoms with Gasteiger partial charge >= 0.3 is 5.76 Å². The Kier molecular flexibility index (Phi) is 4.65. The normalized spacial score (nSPS) is 10.7. The van der Waals surface area contributed by atoms with E-state index in [2.05, 4.69) is 10.3 Å². The molecule has 0 fully saturated rings. The van der Waals surface area contributed by atoms with Crippen molar-refractivity contribution < 1.29 is 13.9 Å². The molecule has 2 aromatic carbocycles. The molecule has 1 amide bonds. The minimum atomic E-state index is -0.465. The largest absolute Gasteiger partial charge is 0.496 e. The Labute approximate surface area is 138 Å². The van der Waals surface area contributed by atoms with E-state index in [0.29, 0.717) is 29.8 Å². The summed E-state index contributed by atoms with van der Waals surface area (Å²) in [7, 11) is 1.59. The fraction of sp³-hybridized carbons (Fsp3) is 0.222. The van der Waals surface area contributed by atoms with E-state index in [-0.39, 0.29) is 12.3 Å². The zero-order chi connectivity index (χ0) is 16.9. The molecule has 1 heterocycles. The van der Waals surface area contributed by atoms with E-state index in [1.807, 2.05) is 36.4 Å². The molecule has 0 aliphatic heterocycles. The second kappa shape index (κ2) is 7.04. The molecule has 124 valence electrons. The van der Waals surface area contributed by atoms with E-state index >= 15 is 0 Å². The molecule has 0 radical (unpaired) electrons. The Balaban J connectivity index is 1.55. The fourth-order valence-electron chi connectivity index (χ4n) is 2.59. The van der Waals surface area contributed by atoms with Gasteiger partial charge in [0.05, 0.1) is 19.0 Å². The highest BCUT2D eigenvalue weighted by Crippen LogP contribution is 2.17. The molecule has 0 atom stereocenters. The van der Waals surface area contributed by atoms with Crippen LogP contribution in [0.2, 0.25) is 0 Å². The van der Waals surface area contributed by atoms with E-state index in [4.69, 9.17) is 9.15 Å². The average Bonchev–Trinajstić information content (AvgIpc) is 2.94. The number of hydrogen-bond acceptors (Lipinski definition) is 4. The van der Waals surface area contributed by atoms with Crippen LogP contribution in [0.4, 0.5) is 0 Å². The second-order valence-electron chi connectivity index (χ2n) is 5.43. The number of H-pyrrole nitrogens is 1. The van der Waals surface area contributed by atoms with Crippen molar-refractivity contribution >= 4 is 17.0 Å². The van der Waals surface area contributed by atoms with Crippen LogP contribution in [0, 0.1) is 0 Å². The number of para-hydroxylation sites is 1. The third-order valence-electron chi connectivity index (χ3n) is 3.76. The third kappa shape index (κ3) is 3.65. The van der Waals surface area contributed by atoms with Crippen molar-refractivity contribution in [2.75, 3.05) is 13.7 Å². The van der Waals surface area contributed by atoms with Gasteiger partial charge in [0.15, 0.2) is 5.58 Å². The number of rotatable bonds is 6. The van der Waals surface area contributed by atoms with Crippen LogP contribution in [0.5, 0.6) is 5.75 Å². The Bertz CT molecular complexity index is 911. The van der Waals surface area contributed by atoms with Gasteiger partial charge in [0.1, 0.15) is 5.75 Å². The molecule has 0 saturated carbocycles. The number of ether oxygens (including phenoxy) is 1.